The highest BCUT2D eigenvalue weighted by atomic mass is 16.7. The van der Waals surface area contributed by atoms with Crippen molar-refractivity contribution in [2.75, 3.05) is 21.3 Å². The lowest BCUT2D eigenvalue weighted by molar-refractivity contribution is -0.147. The van der Waals surface area contributed by atoms with Crippen molar-refractivity contribution < 1.29 is 19.0 Å². The number of hydrogen-bond donors (Lipinski definition) is 1. The van der Waals surface area contributed by atoms with E-state index < -0.39 is 0 Å². The summed E-state index contributed by atoms with van der Waals surface area (Å²) in [7, 11) is 4.54. The lowest BCUT2D eigenvalue weighted by atomic mass is 10.0. The van der Waals surface area contributed by atoms with E-state index in [2.05, 4.69) is 19.2 Å². The molecule has 2 atom stereocenters. The van der Waals surface area contributed by atoms with Gasteiger partial charge in [0.25, 0.3) is 0 Å². The predicted octanol–water partition coefficient (Wildman–Crippen LogP) is 1.17. The summed E-state index contributed by atoms with van der Waals surface area (Å²) in [5.74, 6) is 0.152. The molecule has 0 amide bonds. The molecule has 0 spiro atoms. The maximum Gasteiger partial charge on any atom is 0.322 e. The molecule has 5 heteroatoms. The van der Waals surface area contributed by atoms with Gasteiger partial charge in [-0.1, -0.05) is 13.8 Å². The predicted molar refractivity (Wildman–Crippen MR) is 65.7 cm³/mol. The van der Waals surface area contributed by atoms with E-state index in [1.165, 1.54) is 7.11 Å². The molecule has 0 aromatic heterocycles. The first-order valence-corrected chi connectivity index (χ1v) is 5.85. The van der Waals surface area contributed by atoms with Gasteiger partial charge in [-0.15, -0.1) is 0 Å². The Balaban J connectivity index is 4.45. The Morgan fingerprint density at radius 2 is 1.65 bits per heavy atom. The molecule has 0 aromatic rings. The van der Waals surface area contributed by atoms with Crippen molar-refractivity contribution in [3.05, 3.63) is 0 Å². The molecule has 0 fully saturated rings. The third-order valence-corrected chi connectivity index (χ3v) is 2.53. The Morgan fingerprint density at radius 1 is 1.12 bits per heavy atom. The normalized spacial score (nSPS) is 15.1. The van der Waals surface area contributed by atoms with E-state index in [4.69, 9.17) is 14.2 Å². The second-order valence-electron chi connectivity index (χ2n) is 4.50. The summed E-state index contributed by atoms with van der Waals surface area (Å²) in [6, 6.07) is -0.421. The van der Waals surface area contributed by atoms with Crippen molar-refractivity contribution in [3.8, 4) is 0 Å². The zero-order valence-electron chi connectivity index (χ0n) is 11.6. The van der Waals surface area contributed by atoms with Crippen LogP contribution in [0.1, 0.15) is 27.2 Å². The van der Waals surface area contributed by atoms with Crippen molar-refractivity contribution in [2.45, 2.75) is 45.6 Å². The Labute approximate surface area is 104 Å². The van der Waals surface area contributed by atoms with Crippen LogP contribution in [0.15, 0.2) is 0 Å². The fourth-order valence-electron chi connectivity index (χ4n) is 1.75. The van der Waals surface area contributed by atoms with Crippen LogP contribution in [0.5, 0.6) is 0 Å². The summed E-state index contributed by atoms with van der Waals surface area (Å²) < 4.78 is 15.1. The molecular weight excluding hydrogens is 222 g/mol. The van der Waals surface area contributed by atoms with Crippen LogP contribution >= 0.6 is 0 Å². The number of hydrogen-bond acceptors (Lipinski definition) is 5. The van der Waals surface area contributed by atoms with Crippen LogP contribution in [0, 0.1) is 5.92 Å². The molecule has 102 valence electrons. The van der Waals surface area contributed by atoms with Gasteiger partial charge in [0.05, 0.1) is 13.2 Å². The van der Waals surface area contributed by atoms with Gasteiger partial charge >= 0.3 is 5.97 Å². The van der Waals surface area contributed by atoms with Crippen LogP contribution in [0.3, 0.4) is 0 Å². The number of carbonyl (C=O) groups is 1. The van der Waals surface area contributed by atoms with Gasteiger partial charge in [0, 0.05) is 14.2 Å². The van der Waals surface area contributed by atoms with Gasteiger partial charge < -0.3 is 14.2 Å². The number of carbonyl (C=O) groups excluding carboxylic acids is 1. The Kier molecular flexibility index (Phi) is 8.12. The Bertz CT molecular complexity index is 217. The Hall–Kier alpha value is -0.650. The number of methoxy groups -OCH3 is 3. The fraction of sp³-hybridized carbons (Fsp3) is 0.917. The quantitative estimate of drug-likeness (QED) is 0.515. The zero-order chi connectivity index (χ0) is 13.4. The van der Waals surface area contributed by atoms with Crippen LogP contribution in [-0.4, -0.2) is 45.7 Å². The van der Waals surface area contributed by atoms with E-state index in [1.54, 1.807) is 14.2 Å². The van der Waals surface area contributed by atoms with Crippen LogP contribution in [0.25, 0.3) is 0 Å². The summed E-state index contributed by atoms with van der Waals surface area (Å²) in [6.07, 6.45) is 0.339. The maximum atomic E-state index is 11.6. The summed E-state index contributed by atoms with van der Waals surface area (Å²) in [6.45, 7) is 6.03. The third-order valence-electron chi connectivity index (χ3n) is 2.53. The smallest absolute Gasteiger partial charge is 0.322 e. The molecule has 0 aliphatic heterocycles. The standard InChI is InChI=1S/C12H25NO4/c1-8(2)7-10(11(14)15-4)13-9(3)12(16-5)17-6/h8-10,12-13H,7H2,1-6H3. The van der Waals surface area contributed by atoms with Crippen LogP contribution in [0.4, 0.5) is 0 Å². The van der Waals surface area contributed by atoms with Crippen molar-refractivity contribution in [1.29, 1.82) is 0 Å². The Morgan fingerprint density at radius 3 is 2.00 bits per heavy atom. The van der Waals surface area contributed by atoms with E-state index in [1.807, 2.05) is 6.92 Å². The van der Waals surface area contributed by atoms with Crippen LogP contribution in [-0.2, 0) is 19.0 Å². The number of ether oxygens (including phenoxy) is 3. The lowest BCUT2D eigenvalue weighted by Gasteiger charge is -2.27. The van der Waals surface area contributed by atoms with Crippen LogP contribution in [0.2, 0.25) is 0 Å². The maximum absolute atomic E-state index is 11.6. The molecule has 1 N–H and O–H groups in total. The fourth-order valence-corrected chi connectivity index (χ4v) is 1.75. The molecule has 0 saturated heterocycles. The minimum atomic E-state index is -0.380. The van der Waals surface area contributed by atoms with E-state index >= 15 is 0 Å². The molecule has 0 aliphatic rings. The van der Waals surface area contributed by atoms with Crippen molar-refractivity contribution in [2.24, 2.45) is 5.92 Å². The highest BCUT2D eigenvalue weighted by molar-refractivity contribution is 5.75. The van der Waals surface area contributed by atoms with Crippen molar-refractivity contribution in [3.63, 3.8) is 0 Å². The SMILES string of the molecule is COC(=O)C(CC(C)C)NC(C)C(OC)OC. The highest BCUT2D eigenvalue weighted by Gasteiger charge is 2.25. The lowest BCUT2D eigenvalue weighted by Crippen LogP contribution is -2.49. The largest absolute Gasteiger partial charge is 0.468 e. The number of rotatable bonds is 8. The first-order chi connectivity index (χ1) is 7.96. The molecule has 2 unspecified atom stereocenters. The van der Waals surface area contributed by atoms with Gasteiger partial charge in [-0.2, -0.15) is 0 Å². The molecule has 0 rings (SSSR count). The molecular formula is C12H25NO4. The topological polar surface area (TPSA) is 56.8 Å². The molecule has 0 aliphatic carbocycles. The van der Waals surface area contributed by atoms with Gasteiger partial charge in [-0.05, 0) is 19.3 Å². The van der Waals surface area contributed by atoms with Crippen LogP contribution < -0.4 is 5.32 Å². The minimum Gasteiger partial charge on any atom is -0.468 e. The van der Waals surface area contributed by atoms with Gasteiger partial charge in [-0.3, -0.25) is 10.1 Å². The van der Waals surface area contributed by atoms with E-state index in [-0.39, 0.29) is 24.3 Å². The van der Waals surface area contributed by atoms with Gasteiger partial charge in [-0.25, -0.2) is 0 Å². The second-order valence-corrected chi connectivity index (χ2v) is 4.50. The van der Waals surface area contributed by atoms with E-state index in [0.29, 0.717) is 5.92 Å². The molecule has 0 radical (unpaired) electrons. The van der Waals surface area contributed by atoms with Gasteiger partial charge in [0.1, 0.15) is 6.04 Å². The average molecular weight is 247 g/mol. The first kappa shape index (κ1) is 16.4. The summed E-state index contributed by atoms with van der Waals surface area (Å²) in [5.41, 5.74) is 0. The van der Waals surface area contributed by atoms with Gasteiger partial charge in [0.15, 0.2) is 6.29 Å². The monoisotopic (exact) mass is 247 g/mol. The molecule has 0 heterocycles. The summed E-state index contributed by atoms with van der Waals surface area (Å²) in [5, 5.41) is 3.18. The average Bonchev–Trinajstić information content (AvgIpc) is 2.28. The summed E-state index contributed by atoms with van der Waals surface area (Å²) >= 11 is 0. The highest BCUT2D eigenvalue weighted by Crippen LogP contribution is 2.09. The summed E-state index contributed by atoms with van der Waals surface area (Å²) in [4.78, 5) is 11.6. The molecule has 0 saturated carbocycles. The molecule has 0 bridgehead atoms. The minimum absolute atomic E-state index is 0.0900. The number of nitrogens with one attached hydrogen (secondary N) is 1. The molecule has 0 aromatic carbocycles. The van der Waals surface area contributed by atoms with Crippen molar-refractivity contribution in [1.82, 2.24) is 5.32 Å². The molecule has 5 nitrogen and oxygen atoms in total. The second kappa shape index (κ2) is 8.44. The van der Waals surface area contributed by atoms with E-state index in [9.17, 15) is 4.79 Å². The van der Waals surface area contributed by atoms with E-state index in [0.717, 1.165) is 6.42 Å². The van der Waals surface area contributed by atoms with Crippen molar-refractivity contribution >= 4 is 5.97 Å². The first-order valence-electron chi connectivity index (χ1n) is 5.85. The third kappa shape index (κ3) is 6.00. The zero-order valence-corrected chi connectivity index (χ0v) is 11.6. The van der Waals surface area contributed by atoms with Gasteiger partial charge in [0.2, 0.25) is 0 Å². The molecule has 17 heavy (non-hydrogen) atoms. The number of esters is 1.